The smallest absolute Gasteiger partial charge is 0.303 e. The second-order valence-corrected chi connectivity index (χ2v) is 10.0. The summed E-state index contributed by atoms with van der Waals surface area (Å²) in [5.41, 5.74) is -0.684. The third kappa shape index (κ3) is 2.54. The van der Waals surface area contributed by atoms with Crippen molar-refractivity contribution in [2.24, 2.45) is 28.6 Å². The van der Waals surface area contributed by atoms with Gasteiger partial charge in [-0.25, -0.2) is 0 Å². The minimum absolute atomic E-state index is 0.0567. The third-order valence-electron chi connectivity index (χ3n) is 8.83. The number of aliphatic hydroxyl groups is 3. The molecule has 0 heterocycles. The number of rotatable bonds is 1. The van der Waals surface area contributed by atoms with Crippen LogP contribution >= 0.6 is 0 Å². The Hall–Kier alpha value is -1.35. The van der Waals surface area contributed by atoms with Crippen molar-refractivity contribution >= 4 is 5.97 Å². The summed E-state index contributed by atoms with van der Waals surface area (Å²) in [5, 5.41) is 31.8. The highest BCUT2D eigenvalue weighted by molar-refractivity contribution is 5.66. The highest BCUT2D eigenvalue weighted by Gasteiger charge is 2.66. The molecule has 0 spiro atoms. The van der Waals surface area contributed by atoms with Crippen molar-refractivity contribution < 1.29 is 24.9 Å². The molecule has 4 aliphatic rings. The van der Waals surface area contributed by atoms with Gasteiger partial charge in [-0.15, -0.1) is 6.42 Å². The molecule has 3 saturated carbocycles. The van der Waals surface area contributed by atoms with Crippen LogP contribution in [0.25, 0.3) is 0 Å². The molecular formula is C23H32O5. The predicted octanol–water partition coefficient (Wildman–Crippen LogP) is 2.19. The quantitative estimate of drug-likeness (QED) is 0.364. The van der Waals surface area contributed by atoms with E-state index < -0.39 is 23.2 Å². The number of carbonyl (C=O) groups excluding carboxylic acids is 1. The number of hydrogen-bond acceptors (Lipinski definition) is 5. The van der Waals surface area contributed by atoms with Crippen molar-refractivity contribution in [3.63, 3.8) is 0 Å². The highest BCUT2D eigenvalue weighted by atomic mass is 16.5. The molecule has 5 nitrogen and oxygen atoms in total. The Bertz CT molecular complexity index is 753. The van der Waals surface area contributed by atoms with Gasteiger partial charge >= 0.3 is 5.97 Å². The first-order valence-electron chi connectivity index (χ1n) is 10.5. The Kier molecular flexibility index (Phi) is 4.50. The fourth-order valence-electron chi connectivity index (χ4n) is 7.21. The van der Waals surface area contributed by atoms with Gasteiger partial charge in [0.1, 0.15) is 11.7 Å². The fourth-order valence-corrected chi connectivity index (χ4v) is 7.21. The van der Waals surface area contributed by atoms with E-state index in [1.54, 1.807) is 0 Å². The van der Waals surface area contributed by atoms with Gasteiger partial charge in [0.25, 0.3) is 0 Å². The predicted molar refractivity (Wildman–Crippen MR) is 104 cm³/mol. The average molecular weight is 389 g/mol. The molecule has 0 aliphatic heterocycles. The van der Waals surface area contributed by atoms with E-state index in [2.05, 4.69) is 19.8 Å². The van der Waals surface area contributed by atoms with E-state index in [1.807, 2.05) is 6.08 Å². The molecule has 3 N–H and O–H groups in total. The topological polar surface area (TPSA) is 87.0 Å². The molecule has 4 aliphatic carbocycles. The summed E-state index contributed by atoms with van der Waals surface area (Å²) >= 11 is 0. The summed E-state index contributed by atoms with van der Waals surface area (Å²) in [6, 6.07) is 0. The van der Waals surface area contributed by atoms with E-state index in [4.69, 9.17) is 11.2 Å². The molecule has 9 atom stereocenters. The number of carbonyl (C=O) groups is 1. The molecule has 4 unspecified atom stereocenters. The van der Waals surface area contributed by atoms with Crippen LogP contribution in [-0.2, 0) is 9.53 Å². The van der Waals surface area contributed by atoms with E-state index in [1.165, 1.54) is 6.92 Å². The summed E-state index contributed by atoms with van der Waals surface area (Å²) in [4.78, 5) is 11.9. The fraction of sp³-hybridized carbons (Fsp3) is 0.783. The van der Waals surface area contributed by atoms with Gasteiger partial charge in [0.15, 0.2) is 0 Å². The van der Waals surface area contributed by atoms with Crippen LogP contribution < -0.4 is 0 Å². The molecule has 0 aromatic carbocycles. The number of aliphatic hydroxyl groups excluding tert-OH is 2. The SMILES string of the molecule is C#CC1(O)CC[C@H]2[C@@H]3C(OC(C)=O)C=C4CC(O)C(O)C[C@]4(C)[C@@H]3CC[C@@]21C. The van der Waals surface area contributed by atoms with Gasteiger partial charge in [0, 0.05) is 18.3 Å². The zero-order valence-corrected chi connectivity index (χ0v) is 17.0. The third-order valence-corrected chi connectivity index (χ3v) is 8.83. The van der Waals surface area contributed by atoms with Crippen molar-refractivity contribution in [3.8, 4) is 12.3 Å². The minimum Gasteiger partial charge on any atom is -0.458 e. The molecule has 0 amide bonds. The van der Waals surface area contributed by atoms with Crippen molar-refractivity contribution in [2.45, 2.75) is 83.2 Å². The molecule has 5 heteroatoms. The molecule has 3 fully saturated rings. The maximum atomic E-state index is 11.9. The number of esters is 1. The lowest BCUT2D eigenvalue weighted by Gasteiger charge is -2.60. The van der Waals surface area contributed by atoms with Crippen molar-refractivity contribution in [2.75, 3.05) is 0 Å². The monoisotopic (exact) mass is 388 g/mol. The first-order valence-corrected chi connectivity index (χ1v) is 10.5. The molecule has 0 radical (unpaired) electrons. The van der Waals surface area contributed by atoms with Gasteiger partial charge in [0.2, 0.25) is 0 Å². The van der Waals surface area contributed by atoms with Crippen LogP contribution in [0.4, 0.5) is 0 Å². The van der Waals surface area contributed by atoms with Crippen LogP contribution in [0.5, 0.6) is 0 Å². The summed E-state index contributed by atoms with van der Waals surface area (Å²) in [7, 11) is 0. The van der Waals surface area contributed by atoms with Gasteiger partial charge < -0.3 is 20.1 Å². The second-order valence-electron chi connectivity index (χ2n) is 10.0. The van der Waals surface area contributed by atoms with Gasteiger partial charge in [-0.05, 0) is 61.9 Å². The first-order chi connectivity index (χ1) is 13.1. The highest BCUT2D eigenvalue weighted by Crippen LogP contribution is 2.67. The van der Waals surface area contributed by atoms with Crippen LogP contribution in [0.3, 0.4) is 0 Å². The molecule has 0 aromatic heterocycles. The van der Waals surface area contributed by atoms with Crippen LogP contribution in [-0.4, -0.2) is 45.2 Å². The Balaban J connectivity index is 1.80. The van der Waals surface area contributed by atoms with Gasteiger partial charge in [-0.2, -0.15) is 0 Å². The van der Waals surface area contributed by atoms with E-state index in [0.29, 0.717) is 19.3 Å². The first kappa shape index (κ1) is 19.9. The Morgan fingerprint density at radius 1 is 1.21 bits per heavy atom. The Morgan fingerprint density at radius 2 is 1.89 bits per heavy atom. The maximum absolute atomic E-state index is 11.9. The average Bonchev–Trinajstić information content (AvgIpc) is 2.89. The Labute approximate surface area is 167 Å². The zero-order valence-electron chi connectivity index (χ0n) is 17.0. The summed E-state index contributed by atoms with van der Waals surface area (Å²) in [6.07, 6.45) is 9.84. The van der Waals surface area contributed by atoms with Crippen LogP contribution in [0.1, 0.15) is 59.3 Å². The molecule has 28 heavy (non-hydrogen) atoms. The van der Waals surface area contributed by atoms with Crippen LogP contribution in [0, 0.1) is 40.9 Å². The largest absolute Gasteiger partial charge is 0.458 e. The maximum Gasteiger partial charge on any atom is 0.303 e. The Morgan fingerprint density at radius 3 is 2.54 bits per heavy atom. The summed E-state index contributed by atoms with van der Waals surface area (Å²) < 4.78 is 5.78. The lowest BCUT2D eigenvalue weighted by molar-refractivity contribution is -0.165. The van der Waals surface area contributed by atoms with E-state index >= 15 is 0 Å². The molecule has 4 rings (SSSR count). The van der Waals surface area contributed by atoms with Gasteiger partial charge in [-0.1, -0.05) is 25.3 Å². The van der Waals surface area contributed by atoms with Crippen LogP contribution in [0.2, 0.25) is 0 Å². The van der Waals surface area contributed by atoms with Crippen molar-refractivity contribution in [3.05, 3.63) is 11.6 Å². The molecule has 0 aromatic rings. The normalized spacial score (nSPS) is 52.5. The van der Waals surface area contributed by atoms with Crippen molar-refractivity contribution in [1.82, 2.24) is 0 Å². The number of terminal acetylenes is 1. The standard InChI is InChI=1S/C23H32O5/c1-5-23(27)9-7-16-20-15(6-8-22(16,23)4)21(3)12-18(26)17(25)10-14(21)11-19(20)28-13(2)24/h1,11,15-20,25-27H,6-10,12H2,2-4H3/t15-,16+,17?,18?,19?,20-,21+,22+,23?/m1/s1. The van der Waals surface area contributed by atoms with Crippen LogP contribution in [0.15, 0.2) is 11.6 Å². The second kappa shape index (κ2) is 6.32. The minimum atomic E-state index is -1.13. The molecule has 154 valence electrons. The van der Waals surface area contributed by atoms with E-state index in [0.717, 1.165) is 24.8 Å². The lowest BCUT2D eigenvalue weighted by atomic mass is 9.46. The number of hydrogen-bond donors (Lipinski definition) is 3. The number of ether oxygens (including phenoxy) is 1. The molecule has 0 bridgehead atoms. The molecular weight excluding hydrogens is 356 g/mol. The summed E-state index contributed by atoms with van der Waals surface area (Å²) in [5.74, 6) is 2.77. The summed E-state index contributed by atoms with van der Waals surface area (Å²) in [6.45, 7) is 5.70. The molecule has 0 saturated heterocycles. The lowest BCUT2D eigenvalue weighted by Crippen LogP contribution is -2.59. The van der Waals surface area contributed by atoms with Gasteiger partial charge in [0.05, 0.1) is 12.2 Å². The van der Waals surface area contributed by atoms with E-state index in [-0.39, 0.29) is 35.2 Å². The number of fused-ring (bicyclic) bond motifs is 5. The van der Waals surface area contributed by atoms with E-state index in [9.17, 15) is 20.1 Å². The van der Waals surface area contributed by atoms with Gasteiger partial charge in [-0.3, -0.25) is 4.79 Å². The van der Waals surface area contributed by atoms with Crippen molar-refractivity contribution in [1.29, 1.82) is 0 Å². The zero-order chi connectivity index (χ0) is 20.5.